The van der Waals surface area contributed by atoms with Crippen molar-refractivity contribution in [2.24, 2.45) is 0 Å². The minimum absolute atomic E-state index is 0.0334. The van der Waals surface area contributed by atoms with Gasteiger partial charge in [-0.15, -0.1) is 0 Å². The third-order valence-electron chi connectivity index (χ3n) is 7.45. The number of hydrogen-bond donors (Lipinski definition) is 1. The predicted octanol–water partition coefficient (Wildman–Crippen LogP) is 6.32. The first-order valence-electron chi connectivity index (χ1n) is 12.7. The number of aromatic nitrogens is 2. The van der Waals surface area contributed by atoms with Crippen molar-refractivity contribution in [1.29, 1.82) is 0 Å². The highest BCUT2D eigenvalue weighted by molar-refractivity contribution is 6.00. The molecule has 1 heterocycles. The van der Waals surface area contributed by atoms with Crippen LogP contribution in [0.1, 0.15) is 57.4 Å². The van der Waals surface area contributed by atoms with E-state index in [1.54, 1.807) is 6.20 Å². The Kier molecular flexibility index (Phi) is 5.95. The Morgan fingerprint density at radius 3 is 2.43 bits per heavy atom. The predicted molar refractivity (Wildman–Crippen MR) is 138 cm³/mol. The van der Waals surface area contributed by atoms with Gasteiger partial charge < -0.3 is 4.74 Å². The molecule has 0 fully saturated rings. The second kappa shape index (κ2) is 9.53. The molecular formula is C31H30N2O2. The van der Waals surface area contributed by atoms with Gasteiger partial charge in [0.2, 0.25) is 0 Å². The van der Waals surface area contributed by atoms with E-state index in [2.05, 4.69) is 52.7 Å². The molecular weight excluding hydrogens is 432 g/mol. The number of ether oxygens (including phenoxy) is 1. The van der Waals surface area contributed by atoms with Crippen molar-refractivity contribution >= 4 is 5.78 Å². The Hall–Kier alpha value is -3.66. The van der Waals surface area contributed by atoms with Gasteiger partial charge in [-0.05, 0) is 71.2 Å². The van der Waals surface area contributed by atoms with E-state index in [9.17, 15) is 4.79 Å². The molecule has 0 unspecified atom stereocenters. The molecule has 4 nitrogen and oxygen atoms in total. The summed E-state index contributed by atoms with van der Waals surface area (Å²) < 4.78 is 6.54. The SMILES string of the molecule is O=C(Cc1ccc2c(c1)CCCCC2)c1ccc(-c2cn[nH]c2)cc1OC1Cc2ccccc2C1. The van der Waals surface area contributed by atoms with Crippen molar-refractivity contribution in [2.45, 2.75) is 57.5 Å². The minimum atomic E-state index is 0.0334. The molecule has 3 aromatic carbocycles. The number of benzene rings is 3. The van der Waals surface area contributed by atoms with Gasteiger partial charge in [0.25, 0.3) is 0 Å². The van der Waals surface area contributed by atoms with E-state index in [0.29, 0.717) is 17.7 Å². The van der Waals surface area contributed by atoms with Crippen LogP contribution in [0.2, 0.25) is 0 Å². The highest BCUT2D eigenvalue weighted by Gasteiger charge is 2.25. The molecule has 0 radical (unpaired) electrons. The fraction of sp³-hybridized carbons (Fsp3) is 0.290. The zero-order valence-corrected chi connectivity index (χ0v) is 19.9. The molecule has 2 aliphatic rings. The maximum atomic E-state index is 13.6. The van der Waals surface area contributed by atoms with E-state index in [1.807, 2.05) is 24.4 Å². The maximum Gasteiger partial charge on any atom is 0.170 e. The number of aryl methyl sites for hydroxylation is 2. The second-order valence-corrected chi connectivity index (χ2v) is 9.88. The van der Waals surface area contributed by atoms with Gasteiger partial charge in [0, 0.05) is 31.0 Å². The quantitative estimate of drug-likeness (QED) is 0.270. The Morgan fingerprint density at radius 2 is 1.66 bits per heavy atom. The third-order valence-corrected chi connectivity index (χ3v) is 7.45. The van der Waals surface area contributed by atoms with Gasteiger partial charge in [0.15, 0.2) is 5.78 Å². The summed E-state index contributed by atoms with van der Waals surface area (Å²) in [6.07, 6.45) is 11.9. The van der Waals surface area contributed by atoms with Crippen molar-refractivity contribution in [3.8, 4) is 16.9 Å². The number of nitrogens with one attached hydrogen (secondary N) is 1. The fourth-order valence-electron chi connectivity index (χ4n) is 5.57. The first kappa shape index (κ1) is 21.8. The molecule has 6 rings (SSSR count). The van der Waals surface area contributed by atoms with Crippen LogP contribution in [-0.4, -0.2) is 22.1 Å². The van der Waals surface area contributed by atoms with Crippen LogP contribution in [0.15, 0.2) is 73.1 Å². The van der Waals surface area contributed by atoms with E-state index in [-0.39, 0.29) is 11.9 Å². The number of fused-ring (bicyclic) bond motifs is 2. The molecule has 0 saturated carbocycles. The molecule has 0 atom stereocenters. The summed E-state index contributed by atoms with van der Waals surface area (Å²) in [4.78, 5) is 13.6. The summed E-state index contributed by atoms with van der Waals surface area (Å²) in [5, 5.41) is 6.96. The monoisotopic (exact) mass is 462 g/mol. The number of ketones is 1. The topological polar surface area (TPSA) is 55.0 Å². The van der Waals surface area contributed by atoms with Crippen molar-refractivity contribution < 1.29 is 9.53 Å². The van der Waals surface area contributed by atoms with Crippen LogP contribution in [-0.2, 0) is 32.1 Å². The van der Waals surface area contributed by atoms with E-state index >= 15 is 0 Å². The zero-order chi connectivity index (χ0) is 23.6. The van der Waals surface area contributed by atoms with Gasteiger partial charge in [-0.2, -0.15) is 5.10 Å². The van der Waals surface area contributed by atoms with Crippen LogP contribution in [0, 0.1) is 0 Å². The Bertz CT molecular complexity index is 1330. The summed E-state index contributed by atoms with van der Waals surface area (Å²) in [6, 6.07) is 21.0. The molecule has 35 heavy (non-hydrogen) atoms. The largest absolute Gasteiger partial charge is 0.489 e. The van der Waals surface area contributed by atoms with E-state index in [1.165, 1.54) is 41.5 Å². The maximum absolute atomic E-state index is 13.6. The van der Waals surface area contributed by atoms with Gasteiger partial charge in [0.1, 0.15) is 11.9 Å². The number of carbonyl (C=O) groups excluding carboxylic acids is 1. The number of Topliss-reactive ketones (excluding diaryl/α,β-unsaturated/α-hetero) is 1. The van der Waals surface area contributed by atoms with Crippen molar-refractivity contribution in [3.63, 3.8) is 0 Å². The Balaban J connectivity index is 1.28. The Morgan fingerprint density at radius 1 is 0.857 bits per heavy atom. The van der Waals surface area contributed by atoms with Crippen LogP contribution < -0.4 is 4.74 Å². The van der Waals surface area contributed by atoms with Crippen molar-refractivity contribution in [2.75, 3.05) is 0 Å². The number of H-pyrrole nitrogens is 1. The van der Waals surface area contributed by atoms with E-state index in [4.69, 9.17) is 4.74 Å². The van der Waals surface area contributed by atoms with Gasteiger partial charge >= 0.3 is 0 Å². The average Bonchev–Trinajstić information content (AvgIpc) is 3.49. The van der Waals surface area contributed by atoms with Gasteiger partial charge in [0.05, 0.1) is 11.8 Å². The lowest BCUT2D eigenvalue weighted by molar-refractivity contribution is 0.0986. The van der Waals surface area contributed by atoms with Crippen LogP contribution in [0.4, 0.5) is 0 Å². The molecule has 0 aliphatic heterocycles. The van der Waals surface area contributed by atoms with E-state index < -0.39 is 0 Å². The standard InChI is InChI=1S/C31H30N2O2/c34-30(15-21-10-11-22-6-2-1-3-7-23(22)14-21)29-13-12-26(27-19-32-33-20-27)18-31(29)35-28-16-24-8-4-5-9-25(24)17-28/h4-5,8-14,18-20,28H,1-3,6-7,15-17H2,(H,32,33). The van der Waals surface area contributed by atoms with Gasteiger partial charge in [-0.3, -0.25) is 9.89 Å². The lowest BCUT2D eigenvalue weighted by Gasteiger charge is -2.17. The van der Waals surface area contributed by atoms with Crippen molar-refractivity contribution in [3.05, 3.63) is 106 Å². The zero-order valence-electron chi connectivity index (χ0n) is 19.9. The lowest BCUT2D eigenvalue weighted by Crippen LogP contribution is -2.18. The molecule has 0 spiro atoms. The first-order valence-corrected chi connectivity index (χ1v) is 12.7. The fourth-order valence-corrected chi connectivity index (χ4v) is 5.57. The summed E-state index contributed by atoms with van der Waals surface area (Å²) in [7, 11) is 0. The number of rotatable bonds is 6. The highest BCUT2D eigenvalue weighted by atomic mass is 16.5. The number of aromatic amines is 1. The van der Waals surface area contributed by atoms with Crippen molar-refractivity contribution in [1.82, 2.24) is 10.2 Å². The number of hydrogen-bond acceptors (Lipinski definition) is 3. The average molecular weight is 463 g/mol. The molecule has 0 saturated heterocycles. The molecule has 176 valence electrons. The molecule has 4 aromatic rings. The smallest absolute Gasteiger partial charge is 0.170 e. The summed E-state index contributed by atoms with van der Waals surface area (Å²) in [6.45, 7) is 0. The van der Waals surface area contributed by atoms with Crippen LogP contribution in [0.3, 0.4) is 0 Å². The highest BCUT2D eigenvalue weighted by Crippen LogP contribution is 2.32. The lowest BCUT2D eigenvalue weighted by atomic mass is 9.95. The van der Waals surface area contributed by atoms with E-state index in [0.717, 1.165) is 42.4 Å². The normalized spacial score (nSPS) is 15.3. The summed E-state index contributed by atoms with van der Waals surface area (Å²) in [5.74, 6) is 0.768. The summed E-state index contributed by atoms with van der Waals surface area (Å²) >= 11 is 0. The molecule has 1 aromatic heterocycles. The number of carbonyl (C=O) groups is 1. The van der Waals surface area contributed by atoms with Crippen LogP contribution in [0.5, 0.6) is 5.75 Å². The van der Waals surface area contributed by atoms with Gasteiger partial charge in [-0.1, -0.05) is 55.0 Å². The van der Waals surface area contributed by atoms with Crippen LogP contribution in [0.25, 0.3) is 11.1 Å². The first-order chi connectivity index (χ1) is 17.2. The summed E-state index contributed by atoms with van der Waals surface area (Å²) in [5.41, 5.74) is 9.26. The molecule has 0 bridgehead atoms. The molecule has 0 amide bonds. The number of nitrogens with zero attached hydrogens (tertiary/aromatic N) is 1. The third kappa shape index (κ3) is 4.66. The van der Waals surface area contributed by atoms with Gasteiger partial charge in [-0.25, -0.2) is 0 Å². The minimum Gasteiger partial charge on any atom is -0.489 e. The molecule has 4 heteroatoms. The Labute approximate surface area is 206 Å². The molecule has 1 N–H and O–H groups in total. The molecule has 2 aliphatic carbocycles. The second-order valence-electron chi connectivity index (χ2n) is 9.88. The van der Waals surface area contributed by atoms with Crippen LogP contribution >= 0.6 is 0 Å².